The number of fused-ring (bicyclic) bond motifs is 3. The van der Waals surface area contributed by atoms with Crippen LogP contribution in [0.2, 0.25) is 0 Å². The Kier molecular flexibility index (Phi) is 3.67. The Morgan fingerprint density at radius 2 is 2.21 bits per heavy atom. The van der Waals surface area contributed by atoms with Gasteiger partial charge in [0.15, 0.2) is 5.82 Å². The number of nitrogens with two attached hydrogens (primary N) is 1. The molecule has 0 spiro atoms. The van der Waals surface area contributed by atoms with Gasteiger partial charge in [0, 0.05) is 17.8 Å². The van der Waals surface area contributed by atoms with Crippen LogP contribution in [0, 0.1) is 0 Å². The number of nitrogens with zero attached hydrogens (tertiary/aromatic N) is 3. The molecule has 1 aliphatic rings. The third kappa shape index (κ3) is 2.89. The first-order chi connectivity index (χ1) is 11.2. The van der Waals surface area contributed by atoms with Gasteiger partial charge in [-0.1, -0.05) is 0 Å². The lowest BCUT2D eigenvalue weighted by Gasteiger charge is -2.34. The van der Waals surface area contributed by atoms with Crippen LogP contribution in [-0.4, -0.2) is 33.4 Å². The van der Waals surface area contributed by atoms with E-state index in [9.17, 15) is 18.0 Å². The lowest BCUT2D eigenvalue weighted by Crippen LogP contribution is -2.40. The summed E-state index contributed by atoms with van der Waals surface area (Å²) in [5, 5.41) is 8.58. The average Bonchev–Trinajstić information content (AvgIpc) is 2.87. The quantitative estimate of drug-likeness (QED) is 0.581. The number of carbonyl (C=O) groups is 1. The molecule has 0 saturated carbocycles. The number of pyridine rings is 1. The summed E-state index contributed by atoms with van der Waals surface area (Å²) in [5.41, 5.74) is 4.97. The fourth-order valence-electron chi connectivity index (χ4n) is 2.48. The maximum Gasteiger partial charge on any atom is 0.394 e. The highest BCUT2D eigenvalue weighted by Gasteiger charge is 2.48. The topological polar surface area (TPSA) is 97.9 Å². The summed E-state index contributed by atoms with van der Waals surface area (Å²) in [6.07, 6.45) is -4.07. The largest absolute Gasteiger partial charge is 0.394 e. The summed E-state index contributed by atoms with van der Waals surface area (Å²) in [4.78, 5) is 15.1. The van der Waals surface area contributed by atoms with Crippen molar-refractivity contribution in [2.75, 3.05) is 17.2 Å². The van der Waals surface area contributed by atoms with E-state index in [1.54, 1.807) is 0 Å². The maximum absolute atomic E-state index is 15.1. The van der Waals surface area contributed by atoms with Gasteiger partial charge >= 0.3 is 6.18 Å². The molecule has 2 aromatic heterocycles. The highest BCUT2D eigenvalue weighted by atomic mass is 19.4. The molecule has 2 aromatic rings. The van der Waals surface area contributed by atoms with Crippen LogP contribution < -0.4 is 16.4 Å². The van der Waals surface area contributed by atoms with E-state index in [0.717, 1.165) is 6.07 Å². The second-order valence-electron chi connectivity index (χ2n) is 5.19. The van der Waals surface area contributed by atoms with Crippen molar-refractivity contribution < 1.29 is 22.4 Å². The Bertz CT molecular complexity index is 789. The first-order valence-electron chi connectivity index (χ1n) is 6.80. The molecule has 3 rings (SSSR count). The number of aromatic nitrogens is 3. The zero-order valence-electron chi connectivity index (χ0n) is 12.1. The molecule has 3 heterocycles. The predicted octanol–water partition coefficient (Wildman–Crippen LogP) is 1.66. The van der Waals surface area contributed by atoms with Crippen LogP contribution in [0.1, 0.15) is 12.0 Å². The van der Waals surface area contributed by atoms with Gasteiger partial charge in [-0.15, -0.1) is 5.10 Å². The minimum atomic E-state index is -4.74. The lowest BCUT2D eigenvalue weighted by molar-refractivity contribution is -0.159. The van der Waals surface area contributed by atoms with E-state index in [1.165, 1.54) is 23.1 Å². The summed E-state index contributed by atoms with van der Waals surface area (Å²) in [5.74, 6) is -3.44. The van der Waals surface area contributed by atoms with Crippen molar-refractivity contribution in [2.45, 2.75) is 18.4 Å². The fraction of sp³-hybridized carbons (Fsp3) is 0.308. The predicted molar refractivity (Wildman–Crippen MR) is 76.1 cm³/mol. The second kappa shape index (κ2) is 5.44. The molecule has 0 saturated heterocycles. The Morgan fingerprint density at radius 1 is 1.46 bits per heavy atom. The van der Waals surface area contributed by atoms with Crippen LogP contribution in [-0.2, 0) is 10.6 Å². The zero-order chi connectivity index (χ0) is 17.5. The fourth-order valence-corrected chi connectivity index (χ4v) is 2.48. The standard InChI is InChI=1S/C13H12F4N6O/c14-12(6-13(15,16)17)7-1-2-19-5-8(7)23-10(21-12)3-9(22-23)20-11(24)4-18/h1-3,5,21H,4,6,18H2,(H,20,22,24). The number of nitrogens with one attached hydrogen (secondary N) is 2. The van der Waals surface area contributed by atoms with Gasteiger partial charge < -0.3 is 16.4 Å². The number of anilines is 2. The Labute approximate surface area is 132 Å². The molecule has 0 fully saturated rings. The third-order valence-corrected chi connectivity index (χ3v) is 3.39. The van der Waals surface area contributed by atoms with Crippen molar-refractivity contribution >= 4 is 17.5 Å². The summed E-state index contributed by atoms with van der Waals surface area (Å²) in [6, 6.07) is 2.37. The first kappa shape index (κ1) is 16.2. The minimum Gasteiger partial charge on any atom is -0.334 e. The molecule has 1 atom stereocenters. The van der Waals surface area contributed by atoms with Crippen LogP contribution in [0.25, 0.3) is 5.69 Å². The van der Waals surface area contributed by atoms with Crippen molar-refractivity contribution in [3.8, 4) is 5.69 Å². The van der Waals surface area contributed by atoms with Crippen LogP contribution >= 0.6 is 0 Å². The van der Waals surface area contributed by atoms with E-state index in [2.05, 4.69) is 20.7 Å². The van der Waals surface area contributed by atoms with Gasteiger partial charge in [0.25, 0.3) is 0 Å². The molecule has 11 heteroatoms. The van der Waals surface area contributed by atoms with Gasteiger partial charge in [0.05, 0.1) is 18.4 Å². The third-order valence-electron chi connectivity index (χ3n) is 3.39. The highest BCUT2D eigenvalue weighted by Crippen LogP contribution is 2.44. The molecular weight excluding hydrogens is 332 g/mol. The monoisotopic (exact) mass is 344 g/mol. The minimum absolute atomic E-state index is 0.0269. The summed E-state index contributed by atoms with van der Waals surface area (Å²) in [7, 11) is 0. The van der Waals surface area contributed by atoms with Gasteiger partial charge in [0.2, 0.25) is 11.7 Å². The number of amides is 1. The Hall–Kier alpha value is -2.69. The molecule has 128 valence electrons. The van der Waals surface area contributed by atoms with Crippen molar-refractivity contribution in [3.63, 3.8) is 0 Å². The van der Waals surface area contributed by atoms with Crippen molar-refractivity contribution in [3.05, 3.63) is 30.1 Å². The first-order valence-corrected chi connectivity index (χ1v) is 6.80. The summed E-state index contributed by atoms with van der Waals surface area (Å²) >= 11 is 0. The number of halogens is 4. The number of hydrogen-bond donors (Lipinski definition) is 3. The normalized spacial score (nSPS) is 19.2. The summed E-state index contributed by atoms with van der Waals surface area (Å²) in [6.45, 7) is -0.297. The van der Waals surface area contributed by atoms with Crippen LogP contribution in [0.15, 0.2) is 24.5 Å². The molecule has 0 radical (unpaired) electrons. The zero-order valence-corrected chi connectivity index (χ0v) is 12.1. The molecule has 0 aromatic carbocycles. The average molecular weight is 344 g/mol. The van der Waals surface area contributed by atoms with Crippen LogP contribution in [0.5, 0.6) is 0 Å². The molecular formula is C13H12F4N6O. The maximum atomic E-state index is 15.1. The van der Waals surface area contributed by atoms with Crippen LogP contribution in [0.4, 0.5) is 29.2 Å². The number of rotatable bonds is 3. The summed E-state index contributed by atoms with van der Waals surface area (Å²) < 4.78 is 54.6. The van der Waals surface area contributed by atoms with E-state index in [1.807, 2.05) is 0 Å². The smallest absolute Gasteiger partial charge is 0.334 e. The van der Waals surface area contributed by atoms with Crippen LogP contribution in [0.3, 0.4) is 0 Å². The van der Waals surface area contributed by atoms with Gasteiger partial charge in [-0.2, -0.15) is 13.2 Å². The van der Waals surface area contributed by atoms with Crippen molar-refractivity contribution in [1.82, 2.24) is 14.8 Å². The van der Waals surface area contributed by atoms with Gasteiger partial charge in [-0.3, -0.25) is 9.78 Å². The number of alkyl halides is 4. The molecule has 1 unspecified atom stereocenters. The van der Waals surface area contributed by atoms with Gasteiger partial charge in [-0.05, 0) is 6.07 Å². The molecule has 1 amide bonds. The van der Waals surface area contributed by atoms with Gasteiger partial charge in [0.1, 0.15) is 12.2 Å². The highest BCUT2D eigenvalue weighted by molar-refractivity contribution is 5.91. The van der Waals surface area contributed by atoms with E-state index in [4.69, 9.17) is 5.73 Å². The van der Waals surface area contributed by atoms with Crippen molar-refractivity contribution in [1.29, 1.82) is 0 Å². The molecule has 0 bridgehead atoms. The van der Waals surface area contributed by atoms with E-state index in [-0.39, 0.29) is 29.4 Å². The molecule has 24 heavy (non-hydrogen) atoms. The van der Waals surface area contributed by atoms with E-state index in [0.29, 0.717) is 0 Å². The van der Waals surface area contributed by atoms with E-state index < -0.39 is 24.3 Å². The molecule has 0 aliphatic carbocycles. The number of carbonyl (C=O) groups excluding carboxylic acids is 1. The van der Waals surface area contributed by atoms with E-state index >= 15 is 4.39 Å². The van der Waals surface area contributed by atoms with Gasteiger partial charge in [-0.25, -0.2) is 9.07 Å². The SMILES string of the molecule is NCC(=O)Nc1cc2n(n1)-c1cnccc1C(F)(CC(F)(F)F)N2. The Morgan fingerprint density at radius 3 is 2.88 bits per heavy atom. The lowest BCUT2D eigenvalue weighted by atomic mass is 9.98. The molecule has 4 N–H and O–H groups in total. The molecule has 1 aliphatic heterocycles. The second-order valence-corrected chi connectivity index (χ2v) is 5.19. The molecule has 7 nitrogen and oxygen atoms in total. The Balaban J connectivity index is 2.06. The number of hydrogen-bond acceptors (Lipinski definition) is 5. The van der Waals surface area contributed by atoms with Crippen molar-refractivity contribution in [2.24, 2.45) is 5.73 Å².